The average molecular weight is 312 g/mol. The minimum atomic E-state index is -1.04. The van der Waals surface area contributed by atoms with Gasteiger partial charge in [-0.1, -0.05) is 6.07 Å². The van der Waals surface area contributed by atoms with E-state index in [0.29, 0.717) is 17.1 Å². The van der Waals surface area contributed by atoms with Gasteiger partial charge in [0.15, 0.2) is 11.5 Å². The zero-order valence-electron chi connectivity index (χ0n) is 11.6. The Hall–Kier alpha value is -1.44. The van der Waals surface area contributed by atoms with E-state index >= 15 is 0 Å². The summed E-state index contributed by atoms with van der Waals surface area (Å²) in [6.45, 7) is 1.62. The summed E-state index contributed by atoms with van der Waals surface area (Å²) in [4.78, 5) is 13.9. The summed E-state index contributed by atoms with van der Waals surface area (Å²) in [6.07, 6.45) is 0.953. The molecule has 0 bridgehead atoms. The predicted molar refractivity (Wildman–Crippen MR) is 81.7 cm³/mol. The molecule has 0 radical (unpaired) electrons. The van der Waals surface area contributed by atoms with E-state index in [1.54, 1.807) is 23.1 Å². The molecule has 21 heavy (non-hydrogen) atoms. The fourth-order valence-electron chi connectivity index (χ4n) is 2.59. The van der Waals surface area contributed by atoms with Crippen molar-refractivity contribution in [3.63, 3.8) is 0 Å². The van der Waals surface area contributed by atoms with Gasteiger partial charge in [-0.05, 0) is 30.5 Å². The number of amides is 1. The Morgan fingerprint density at radius 2 is 1.90 bits per heavy atom. The fourth-order valence-corrected chi connectivity index (χ4v) is 2.59. The number of aliphatic hydroxyl groups excluding tert-OH is 1. The molecule has 2 atom stereocenters. The van der Waals surface area contributed by atoms with Gasteiger partial charge in [0.05, 0.1) is 0 Å². The molecule has 0 aromatic heterocycles. The van der Waals surface area contributed by atoms with Gasteiger partial charge < -0.3 is 25.2 Å². The maximum atomic E-state index is 12.2. The highest BCUT2D eigenvalue weighted by Gasteiger charge is 2.30. The third-order valence-electron chi connectivity index (χ3n) is 3.78. The van der Waals surface area contributed by atoms with Gasteiger partial charge in [0.25, 0.3) is 0 Å². The van der Waals surface area contributed by atoms with Crippen LogP contribution in [0.5, 0.6) is 11.5 Å². The summed E-state index contributed by atoms with van der Waals surface area (Å²) in [5.74, 6) is 1.01. The second-order valence-corrected chi connectivity index (χ2v) is 5.12. The maximum Gasteiger partial charge on any atom is 0.242 e. The van der Waals surface area contributed by atoms with Crippen LogP contribution in [0.2, 0.25) is 0 Å². The lowest BCUT2D eigenvalue weighted by Crippen LogP contribution is -2.45. The number of carbonyl (C=O) groups is 1. The molecule has 6 nitrogen and oxygen atoms in total. The molecule has 1 aromatic rings. The fraction of sp³-hybridized carbons (Fsp3) is 0.500. The molecular formula is C14H20N2O4S. The third kappa shape index (κ3) is 3.09. The van der Waals surface area contributed by atoms with E-state index in [4.69, 9.17) is 15.2 Å². The van der Waals surface area contributed by atoms with Gasteiger partial charge in [0.1, 0.15) is 12.1 Å². The van der Waals surface area contributed by atoms with Crippen molar-refractivity contribution >= 4 is 19.4 Å². The number of nitrogens with zero attached hydrogens (tertiary/aromatic N) is 1. The Bertz CT molecular complexity index is 520. The molecule has 3 rings (SSSR count). The van der Waals surface area contributed by atoms with Crippen LogP contribution in [0, 0.1) is 0 Å². The number of likely N-dealkylation sites (tertiary alicyclic amines) is 1. The minimum absolute atomic E-state index is 0. The molecule has 0 spiro atoms. The van der Waals surface area contributed by atoms with Gasteiger partial charge in [-0.3, -0.25) is 4.79 Å². The number of ether oxygens (including phenoxy) is 2. The monoisotopic (exact) mass is 312 g/mol. The van der Waals surface area contributed by atoms with Crippen LogP contribution in [0.3, 0.4) is 0 Å². The lowest BCUT2D eigenvalue weighted by molar-refractivity contribution is -0.134. The lowest BCUT2D eigenvalue weighted by atomic mass is 10.0. The van der Waals surface area contributed by atoms with E-state index in [9.17, 15) is 9.90 Å². The van der Waals surface area contributed by atoms with Crippen LogP contribution < -0.4 is 15.2 Å². The first-order chi connectivity index (χ1) is 9.66. The number of rotatable bonds is 3. The van der Waals surface area contributed by atoms with Crippen LogP contribution in [0.15, 0.2) is 18.2 Å². The number of benzene rings is 1. The van der Waals surface area contributed by atoms with E-state index in [1.807, 2.05) is 0 Å². The number of hydrogen-bond acceptors (Lipinski definition) is 5. The molecule has 1 aromatic carbocycles. The van der Waals surface area contributed by atoms with E-state index in [0.717, 1.165) is 25.9 Å². The molecule has 2 aliphatic heterocycles. The number of aliphatic hydroxyl groups is 1. The largest absolute Gasteiger partial charge is 0.454 e. The van der Waals surface area contributed by atoms with E-state index in [1.165, 1.54) is 0 Å². The van der Waals surface area contributed by atoms with Gasteiger partial charge in [-0.15, -0.1) is 0 Å². The standard InChI is InChI=1S/C14H18N2O4.H2S/c15-12(14(18)16-5-1-2-6-16)13(17)9-3-4-10-11(7-9)20-8-19-10;/h3-4,7,12-13,17H,1-2,5-6,8,15H2;1H2/t12-,13+;/m0./s1. The van der Waals surface area contributed by atoms with Crippen molar-refractivity contribution in [3.8, 4) is 11.5 Å². The Kier molecular flexibility index (Phi) is 4.97. The molecule has 0 saturated carbocycles. The number of hydrogen-bond donors (Lipinski definition) is 2. The van der Waals surface area contributed by atoms with Gasteiger partial charge in [0, 0.05) is 13.1 Å². The zero-order chi connectivity index (χ0) is 14.1. The van der Waals surface area contributed by atoms with Crippen LogP contribution in [0.4, 0.5) is 0 Å². The SMILES string of the molecule is N[C@H](C(=O)N1CCCC1)[C@H](O)c1ccc2c(c1)OCO2.S. The normalized spacial score (nSPS) is 19.0. The first-order valence-electron chi connectivity index (χ1n) is 6.79. The molecule has 0 aliphatic carbocycles. The predicted octanol–water partition coefficient (Wildman–Crippen LogP) is 0.511. The molecule has 7 heteroatoms. The highest BCUT2D eigenvalue weighted by Crippen LogP contribution is 2.34. The highest BCUT2D eigenvalue weighted by molar-refractivity contribution is 7.59. The second kappa shape index (κ2) is 6.55. The number of fused-ring (bicyclic) bond motifs is 1. The first kappa shape index (κ1) is 15.9. The van der Waals surface area contributed by atoms with Gasteiger partial charge in [-0.25, -0.2) is 0 Å². The van der Waals surface area contributed by atoms with Crippen LogP contribution in [0.1, 0.15) is 24.5 Å². The van der Waals surface area contributed by atoms with E-state index < -0.39 is 12.1 Å². The Morgan fingerprint density at radius 1 is 1.24 bits per heavy atom. The van der Waals surface area contributed by atoms with Crippen LogP contribution in [0.25, 0.3) is 0 Å². The first-order valence-corrected chi connectivity index (χ1v) is 6.79. The molecule has 3 N–H and O–H groups in total. The topological polar surface area (TPSA) is 85.0 Å². The Balaban J connectivity index is 0.00000161. The Labute approximate surface area is 130 Å². The van der Waals surface area contributed by atoms with Gasteiger partial charge in [0.2, 0.25) is 12.7 Å². The summed E-state index contributed by atoms with van der Waals surface area (Å²) in [5.41, 5.74) is 6.47. The van der Waals surface area contributed by atoms with Crippen molar-refractivity contribution in [2.24, 2.45) is 5.73 Å². The Morgan fingerprint density at radius 3 is 2.62 bits per heavy atom. The third-order valence-corrected chi connectivity index (χ3v) is 3.78. The van der Waals surface area contributed by atoms with Crippen molar-refractivity contribution in [1.29, 1.82) is 0 Å². The van der Waals surface area contributed by atoms with Crippen molar-refractivity contribution < 1.29 is 19.4 Å². The summed E-state index contributed by atoms with van der Waals surface area (Å²) in [6, 6.07) is 4.14. The van der Waals surface area contributed by atoms with E-state index in [2.05, 4.69) is 0 Å². The summed E-state index contributed by atoms with van der Waals surface area (Å²) in [5, 5.41) is 10.3. The quantitative estimate of drug-likeness (QED) is 0.849. The van der Waals surface area contributed by atoms with Gasteiger partial charge in [-0.2, -0.15) is 13.5 Å². The van der Waals surface area contributed by atoms with Crippen LogP contribution in [-0.4, -0.2) is 41.8 Å². The molecule has 2 aliphatic rings. The van der Waals surface area contributed by atoms with Crippen molar-refractivity contribution in [2.45, 2.75) is 25.0 Å². The molecule has 0 unspecified atom stereocenters. The van der Waals surface area contributed by atoms with Crippen LogP contribution in [-0.2, 0) is 4.79 Å². The zero-order valence-corrected chi connectivity index (χ0v) is 12.6. The maximum absolute atomic E-state index is 12.2. The molecule has 1 amide bonds. The molecular weight excluding hydrogens is 292 g/mol. The number of carbonyl (C=O) groups excluding carboxylic acids is 1. The summed E-state index contributed by atoms with van der Waals surface area (Å²) >= 11 is 0. The molecule has 1 fully saturated rings. The van der Waals surface area contributed by atoms with Crippen molar-refractivity contribution in [2.75, 3.05) is 19.9 Å². The summed E-state index contributed by atoms with van der Waals surface area (Å²) in [7, 11) is 0. The van der Waals surface area contributed by atoms with Crippen molar-refractivity contribution in [1.82, 2.24) is 4.90 Å². The number of nitrogens with two attached hydrogens (primary N) is 1. The molecule has 2 heterocycles. The van der Waals surface area contributed by atoms with Crippen molar-refractivity contribution in [3.05, 3.63) is 23.8 Å². The van der Waals surface area contributed by atoms with Crippen LogP contribution >= 0.6 is 13.5 Å². The summed E-state index contributed by atoms with van der Waals surface area (Å²) < 4.78 is 10.5. The molecule has 1 saturated heterocycles. The second-order valence-electron chi connectivity index (χ2n) is 5.12. The van der Waals surface area contributed by atoms with E-state index in [-0.39, 0.29) is 26.2 Å². The van der Waals surface area contributed by atoms with Gasteiger partial charge >= 0.3 is 0 Å². The highest BCUT2D eigenvalue weighted by atomic mass is 32.1. The molecule has 116 valence electrons. The minimum Gasteiger partial charge on any atom is -0.454 e. The average Bonchev–Trinajstić information content (AvgIpc) is 3.14. The lowest BCUT2D eigenvalue weighted by Gasteiger charge is -2.24. The smallest absolute Gasteiger partial charge is 0.242 e.